The van der Waals surface area contributed by atoms with Gasteiger partial charge in [0.1, 0.15) is 5.01 Å². The van der Waals surface area contributed by atoms with E-state index in [4.69, 9.17) is 0 Å². The Bertz CT molecular complexity index is 875. The van der Waals surface area contributed by atoms with Crippen LogP contribution < -0.4 is 0 Å². The Labute approximate surface area is 145 Å². The maximum Gasteiger partial charge on any atom is 0.227 e. The number of nitrogens with zero attached hydrogens (tertiary/aromatic N) is 3. The van der Waals surface area contributed by atoms with Crippen LogP contribution in [0.5, 0.6) is 0 Å². The Balaban J connectivity index is 1.58. The van der Waals surface area contributed by atoms with Crippen molar-refractivity contribution in [2.75, 3.05) is 6.54 Å². The fraction of sp³-hybridized carbons (Fsp3) is 0.316. The standard InChI is InChI=1S/C19H19N3OS/c1-13-10-16-18(20-12-13)21-19(24-16)15-8-5-9-22(15)17(23)11-14-6-3-2-4-7-14/h2-4,6-7,10,12,15H,5,8-9,11H2,1H3/t15-/m1/s1. The number of rotatable bonds is 3. The van der Waals surface area contributed by atoms with E-state index in [2.05, 4.69) is 16.0 Å². The van der Waals surface area contributed by atoms with Crippen molar-refractivity contribution in [2.45, 2.75) is 32.2 Å². The lowest BCUT2D eigenvalue weighted by Gasteiger charge is -2.23. The van der Waals surface area contributed by atoms with E-state index in [1.54, 1.807) is 11.3 Å². The summed E-state index contributed by atoms with van der Waals surface area (Å²) < 4.78 is 1.10. The molecule has 0 aliphatic carbocycles. The number of likely N-dealkylation sites (tertiary alicyclic amines) is 1. The van der Waals surface area contributed by atoms with Crippen LogP contribution >= 0.6 is 11.3 Å². The number of aromatic nitrogens is 2. The van der Waals surface area contributed by atoms with E-state index >= 15 is 0 Å². The first-order valence-corrected chi connectivity index (χ1v) is 9.09. The molecule has 0 saturated carbocycles. The fourth-order valence-corrected chi connectivity index (χ4v) is 4.44. The molecule has 4 rings (SSSR count). The minimum Gasteiger partial charge on any atom is -0.333 e. The molecule has 1 aliphatic heterocycles. The van der Waals surface area contributed by atoms with Crippen molar-refractivity contribution < 1.29 is 4.79 Å². The van der Waals surface area contributed by atoms with E-state index in [-0.39, 0.29) is 11.9 Å². The molecule has 5 heteroatoms. The molecule has 1 fully saturated rings. The first-order chi connectivity index (χ1) is 11.7. The van der Waals surface area contributed by atoms with Crippen LogP contribution in [0.1, 0.15) is 35.0 Å². The molecular weight excluding hydrogens is 318 g/mol. The third-order valence-electron chi connectivity index (χ3n) is 4.46. The number of pyridine rings is 1. The third kappa shape index (κ3) is 2.91. The Morgan fingerprint density at radius 1 is 1.33 bits per heavy atom. The molecule has 0 N–H and O–H groups in total. The van der Waals surface area contributed by atoms with Gasteiger partial charge in [0, 0.05) is 12.7 Å². The van der Waals surface area contributed by atoms with Gasteiger partial charge in [-0.25, -0.2) is 9.97 Å². The number of hydrogen-bond donors (Lipinski definition) is 0. The Hall–Kier alpha value is -2.27. The van der Waals surface area contributed by atoms with Gasteiger partial charge in [0.25, 0.3) is 0 Å². The maximum absolute atomic E-state index is 12.8. The molecule has 0 spiro atoms. The normalized spacial score (nSPS) is 17.5. The summed E-state index contributed by atoms with van der Waals surface area (Å²) in [6, 6.07) is 12.2. The first kappa shape index (κ1) is 15.3. The van der Waals surface area contributed by atoms with E-state index in [0.29, 0.717) is 6.42 Å². The minimum absolute atomic E-state index is 0.0979. The van der Waals surface area contributed by atoms with E-state index in [0.717, 1.165) is 45.9 Å². The van der Waals surface area contributed by atoms with Crippen LogP contribution in [-0.2, 0) is 11.2 Å². The summed E-state index contributed by atoms with van der Waals surface area (Å²) in [5.41, 5.74) is 3.00. The second-order valence-corrected chi connectivity index (χ2v) is 7.36. The quantitative estimate of drug-likeness (QED) is 0.728. The summed E-state index contributed by atoms with van der Waals surface area (Å²) >= 11 is 1.67. The van der Waals surface area contributed by atoms with E-state index in [9.17, 15) is 4.79 Å². The number of carbonyl (C=O) groups excluding carboxylic acids is 1. The largest absolute Gasteiger partial charge is 0.333 e. The number of amides is 1. The van der Waals surface area contributed by atoms with Crippen molar-refractivity contribution in [2.24, 2.45) is 0 Å². The van der Waals surface area contributed by atoms with Crippen LogP contribution in [0.25, 0.3) is 10.3 Å². The molecule has 24 heavy (non-hydrogen) atoms. The zero-order valence-corrected chi connectivity index (χ0v) is 14.4. The highest BCUT2D eigenvalue weighted by atomic mass is 32.1. The first-order valence-electron chi connectivity index (χ1n) is 8.27. The Kier molecular flexibility index (Phi) is 4.02. The summed E-state index contributed by atoms with van der Waals surface area (Å²) in [4.78, 5) is 23.8. The highest BCUT2D eigenvalue weighted by Gasteiger charge is 2.32. The predicted molar refractivity (Wildman–Crippen MR) is 96.0 cm³/mol. The summed E-state index contributed by atoms with van der Waals surface area (Å²) in [5, 5.41) is 1.02. The van der Waals surface area contributed by atoms with Crippen LogP contribution in [-0.4, -0.2) is 27.3 Å². The summed E-state index contributed by atoms with van der Waals surface area (Å²) in [5.74, 6) is 0.187. The molecule has 1 atom stereocenters. The average molecular weight is 337 g/mol. The maximum atomic E-state index is 12.8. The Morgan fingerprint density at radius 2 is 2.17 bits per heavy atom. The van der Waals surface area contributed by atoms with Crippen LogP contribution in [0, 0.1) is 6.92 Å². The predicted octanol–water partition coefficient (Wildman–Crippen LogP) is 3.91. The molecule has 0 bridgehead atoms. The van der Waals surface area contributed by atoms with Gasteiger partial charge in [0.15, 0.2) is 5.65 Å². The van der Waals surface area contributed by atoms with Gasteiger partial charge in [-0.1, -0.05) is 30.3 Å². The van der Waals surface area contributed by atoms with Crippen molar-refractivity contribution in [3.05, 3.63) is 58.7 Å². The zero-order valence-electron chi connectivity index (χ0n) is 13.6. The van der Waals surface area contributed by atoms with Gasteiger partial charge in [-0.3, -0.25) is 4.79 Å². The summed E-state index contributed by atoms with van der Waals surface area (Å²) in [7, 11) is 0. The lowest BCUT2D eigenvalue weighted by molar-refractivity contribution is -0.131. The second-order valence-electron chi connectivity index (χ2n) is 6.29. The number of fused-ring (bicyclic) bond motifs is 1. The van der Waals surface area contributed by atoms with Gasteiger partial charge in [-0.2, -0.15) is 0 Å². The number of hydrogen-bond acceptors (Lipinski definition) is 4. The average Bonchev–Trinajstić information content (AvgIpc) is 3.21. The zero-order chi connectivity index (χ0) is 16.5. The van der Waals surface area contributed by atoms with Crippen molar-refractivity contribution in [1.82, 2.24) is 14.9 Å². The lowest BCUT2D eigenvalue weighted by atomic mass is 10.1. The molecule has 122 valence electrons. The number of thiazole rings is 1. The third-order valence-corrected chi connectivity index (χ3v) is 5.55. The topological polar surface area (TPSA) is 46.1 Å². The van der Waals surface area contributed by atoms with Crippen LogP contribution in [0.2, 0.25) is 0 Å². The van der Waals surface area contributed by atoms with Crippen molar-refractivity contribution >= 4 is 27.6 Å². The molecule has 1 aromatic carbocycles. The number of carbonyl (C=O) groups is 1. The molecular formula is C19H19N3OS. The van der Waals surface area contributed by atoms with E-state index in [1.165, 1.54) is 0 Å². The fourth-order valence-electron chi connectivity index (χ4n) is 3.27. The number of benzene rings is 1. The molecule has 3 aromatic rings. The highest BCUT2D eigenvalue weighted by Crippen LogP contribution is 2.36. The van der Waals surface area contributed by atoms with Crippen LogP contribution in [0.4, 0.5) is 0 Å². The summed E-state index contributed by atoms with van der Waals surface area (Å²) in [6.45, 7) is 2.86. The van der Waals surface area contributed by atoms with Gasteiger partial charge >= 0.3 is 0 Å². The molecule has 2 aromatic heterocycles. The number of aryl methyl sites for hydroxylation is 1. The molecule has 1 aliphatic rings. The van der Waals surface area contributed by atoms with Gasteiger partial charge in [-0.15, -0.1) is 11.3 Å². The molecule has 3 heterocycles. The van der Waals surface area contributed by atoms with Gasteiger partial charge in [0.2, 0.25) is 5.91 Å². The van der Waals surface area contributed by atoms with Crippen molar-refractivity contribution in [1.29, 1.82) is 0 Å². The highest BCUT2D eigenvalue weighted by molar-refractivity contribution is 7.18. The van der Waals surface area contributed by atoms with Gasteiger partial charge in [0.05, 0.1) is 17.2 Å². The second kappa shape index (κ2) is 6.32. The lowest BCUT2D eigenvalue weighted by Crippen LogP contribution is -2.31. The Morgan fingerprint density at radius 3 is 3.00 bits per heavy atom. The van der Waals surface area contributed by atoms with Gasteiger partial charge < -0.3 is 4.90 Å². The monoisotopic (exact) mass is 337 g/mol. The van der Waals surface area contributed by atoms with Crippen LogP contribution in [0.3, 0.4) is 0 Å². The summed E-state index contributed by atoms with van der Waals surface area (Å²) in [6.07, 6.45) is 4.32. The van der Waals surface area contributed by atoms with E-state index in [1.807, 2.05) is 48.4 Å². The van der Waals surface area contributed by atoms with E-state index < -0.39 is 0 Å². The molecule has 1 saturated heterocycles. The SMILES string of the molecule is Cc1cnc2nc([C@H]3CCCN3C(=O)Cc3ccccc3)sc2c1. The molecule has 1 amide bonds. The minimum atomic E-state index is 0.0979. The smallest absolute Gasteiger partial charge is 0.227 e. The van der Waals surface area contributed by atoms with Crippen LogP contribution in [0.15, 0.2) is 42.6 Å². The van der Waals surface area contributed by atoms with Crippen molar-refractivity contribution in [3.63, 3.8) is 0 Å². The molecule has 4 nitrogen and oxygen atoms in total. The molecule has 0 radical (unpaired) electrons. The van der Waals surface area contributed by atoms with Crippen molar-refractivity contribution in [3.8, 4) is 0 Å². The van der Waals surface area contributed by atoms with Gasteiger partial charge in [-0.05, 0) is 37.0 Å². The molecule has 0 unspecified atom stereocenters.